The van der Waals surface area contributed by atoms with Gasteiger partial charge in [-0.1, -0.05) is 0 Å². The SMILES string of the molecule is Cc1cc(Br)c(NCC(=O)OC(C)C)c(Br)c1. The molecule has 3 nitrogen and oxygen atoms in total. The van der Waals surface area contributed by atoms with E-state index in [1.807, 2.05) is 32.9 Å². The van der Waals surface area contributed by atoms with Gasteiger partial charge in [0, 0.05) is 8.95 Å². The fourth-order valence-corrected chi connectivity index (χ4v) is 3.03. The van der Waals surface area contributed by atoms with Crippen LogP contribution in [0.3, 0.4) is 0 Å². The first-order chi connectivity index (χ1) is 7.90. The van der Waals surface area contributed by atoms with E-state index in [4.69, 9.17) is 4.74 Å². The molecule has 1 N–H and O–H groups in total. The molecule has 0 spiro atoms. The quantitative estimate of drug-likeness (QED) is 0.824. The van der Waals surface area contributed by atoms with E-state index < -0.39 is 0 Å². The maximum atomic E-state index is 11.4. The number of hydrogen-bond donors (Lipinski definition) is 1. The van der Waals surface area contributed by atoms with Crippen molar-refractivity contribution in [2.75, 3.05) is 11.9 Å². The lowest BCUT2D eigenvalue weighted by atomic mass is 10.2. The predicted molar refractivity (Wildman–Crippen MR) is 76.3 cm³/mol. The first kappa shape index (κ1) is 14.5. The molecule has 1 rings (SSSR count). The Kier molecular flexibility index (Phi) is 5.46. The van der Waals surface area contributed by atoms with Crippen molar-refractivity contribution in [2.24, 2.45) is 0 Å². The summed E-state index contributed by atoms with van der Waals surface area (Å²) in [6.07, 6.45) is -0.0887. The number of ether oxygens (including phenoxy) is 1. The zero-order valence-corrected chi connectivity index (χ0v) is 13.2. The fraction of sp³-hybridized carbons (Fsp3) is 0.417. The Morgan fingerprint density at radius 1 is 1.35 bits per heavy atom. The van der Waals surface area contributed by atoms with Crippen molar-refractivity contribution in [2.45, 2.75) is 26.9 Å². The number of aryl methyl sites for hydroxylation is 1. The number of halogens is 2. The molecule has 0 bridgehead atoms. The molecule has 94 valence electrons. The van der Waals surface area contributed by atoms with Crippen LogP contribution in [0.4, 0.5) is 5.69 Å². The molecular weight excluding hydrogens is 350 g/mol. The van der Waals surface area contributed by atoms with Gasteiger partial charge in [0.2, 0.25) is 0 Å². The van der Waals surface area contributed by atoms with Crippen LogP contribution in [0.5, 0.6) is 0 Å². The molecule has 17 heavy (non-hydrogen) atoms. The minimum Gasteiger partial charge on any atom is -0.462 e. The van der Waals surface area contributed by atoms with Crippen LogP contribution in [0, 0.1) is 6.92 Å². The van der Waals surface area contributed by atoms with Gasteiger partial charge < -0.3 is 10.1 Å². The third-order valence-corrected chi connectivity index (χ3v) is 3.21. The van der Waals surface area contributed by atoms with Crippen LogP contribution in [0.1, 0.15) is 19.4 Å². The second kappa shape index (κ2) is 6.40. The Morgan fingerprint density at radius 3 is 2.35 bits per heavy atom. The molecule has 0 aromatic heterocycles. The van der Waals surface area contributed by atoms with Crippen LogP contribution in [0.2, 0.25) is 0 Å². The van der Waals surface area contributed by atoms with Crippen LogP contribution in [0.25, 0.3) is 0 Å². The number of rotatable bonds is 4. The summed E-state index contributed by atoms with van der Waals surface area (Å²) in [7, 11) is 0. The highest BCUT2D eigenvalue weighted by atomic mass is 79.9. The molecule has 5 heteroatoms. The van der Waals surface area contributed by atoms with E-state index >= 15 is 0 Å². The topological polar surface area (TPSA) is 38.3 Å². The van der Waals surface area contributed by atoms with E-state index in [9.17, 15) is 4.79 Å². The Labute approximate surface area is 118 Å². The highest BCUT2D eigenvalue weighted by Crippen LogP contribution is 2.32. The van der Waals surface area contributed by atoms with Gasteiger partial charge in [-0.05, 0) is 70.3 Å². The van der Waals surface area contributed by atoms with Gasteiger partial charge in [0.25, 0.3) is 0 Å². The number of nitrogens with one attached hydrogen (secondary N) is 1. The second-order valence-electron chi connectivity index (χ2n) is 4.00. The van der Waals surface area contributed by atoms with E-state index in [0.29, 0.717) is 0 Å². The first-order valence-electron chi connectivity index (χ1n) is 5.29. The van der Waals surface area contributed by atoms with Gasteiger partial charge in [0.15, 0.2) is 0 Å². The summed E-state index contributed by atoms with van der Waals surface area (Å²) in [5, 5.41) is 3.05. The van der Waals surface area contributed by atoms with Crippen molar-refractivity contribution in [3.8, 4) is 0 Å². The first-order valence-corrected chi connectivity index (χ1v) is 6.87. The minimum atomic E-state index is -0.264. The normalized spacial score (nSPS) is 10.5. The van der Waals surface area contributed by atoms with Gasteiger partial charge in [-0.2, -0.15) is 0 Å². The van der Waals surface area contributed by atoms with Gasteiger partial charge in [-0.15, -0.1) is 0 Å². The monoisotopic (exact) mass is 363 g/mol. The number of carbonyl (C=O) groups excluding carboxylic acids is 1. The number of carbonyl (C=O) groups is 1. The molecule has 0 saturated carbocycles. The van der Waals surface area contributed by atoms with Gasteiger partial charge in [-0.25, -0.2) is 0 Å². The molecule has 0 heterocycles. The largest absolute Gasteiger partial charge is 0.462 e. The van der Waals surface area contributed by atoms with Crippen LogP contribution >= 0.6 is 31.9 Å². The summed E-state index contributed by atoms with van der Waals surface area (Å²) in [5.41, 5.74) is 2.00. The summed E-state index contributed by atoms with van der Waals surface area (Å²) in [6, 6.07) is 3.97. The van der Waals surface area contributed by atoms with Crippen molar-refractivity contribution in [1.82, 2.24) is 0 Å². The third kappa shape index (κ3) is 4.68. The lowest BCUT2D eigenvalue weighted by Crippen LogP contribution is -2.20. The van der Waals surface area contributed by atoms with E-state index in [1.165, 1.54) is 0 Å². The van der Waals surface area contributed by atoms with E-state index in [2.05, 4.69) is 37.2 Å². The predicted octanol–water partition coefficient (Wildman–Crippen LogP) is 3.88. The fourth-order valence-electron chi connectivity index (χ4n) is 1.33. The maximum absolute atomic E-state index is 11.4. The molecule has 0 aliphatic rings. The van der Waals surface area contributed by atoms with Gasteiger partial charge in [-0.3, -0.25) is 4.79 Å². The zero-order chi connectivity index (χ0) is 13.0. The highest BCUT2D eigenvalue weighted by Gasteiger charge is 2.09. The molecule has 0 amide bonds. The average Bonchev–Trinajstić information content (AvgIpc) is 2.14. The minimum absolute atomic E-state index is 0.0887. The molecule has 0 saturated heterocycles. The molecule has 0 unspecified atom stereocenters. The number of anilines is 1. The Morgan fingerprint density at radius 2 is 1.88 bits per heavy atom. The van der Waals surface area contributed by atoms with E-state index in [1.54, 1.807) is 0 Å². The summed E-state index contributed by atoms with van der Waals surface area (Å²) in [6.45, 7) is 5.82. The standard InChI is InChI=1S/C12H15Br2NO2/c1-7(2)17-11(16)6-15-12-9(13)4-8(3)5-10(12)14/h4-5,7,15H,6H2,1-3H3. The van der Waals surface area contributed by atoms with Gasteiger partial charge in [0.1, 0.15) is 6.54 Å². The zero-order valence-electron chi connectivity index (χ0n) is 10.0. The highest BCUT2D eigenvalue weighted by molar-refractivity contribution is 9.11. The molecule has 0 fully saturated rings. The molecule has 1 aromatic carbocycles. The van der Waals surface area contributed by atoms with Crippen LogP contribution in [0.15, 0.2) is 21.1 Å². The van der Waals surface area contributed by atoms with Crippen molar-refractivity contribution < 1.29 is 9.53 Å². The van der Waals surface area contributed by atoms with Crippen LogP contribution in [-0.2, 0) is 9.53 Å². The maximum Gasteiger partial charge on any atom is 0.325 e. The summed E-state index contributed by atoms with van der Waals surface area (Å²) >= 11 is 6.91. The lowest BCUT2D eigenvalue weighted by molar-refractivity contribution is -0.145. The smallest absolute Gasteiger partial charge is 0.325 e. The van der Waals surface area contributed by atoms with Crippen molar-refractivity contribution in [3.63, 3.8) is 0 Å². The second-order valence-corrected chi connectivity index (χ2v) is 5.70. The Hall–Kier alpha value is -0.550. The molecule has 0 aliphatic carbocycles. The molecule has 1 aromatic rings. The molecular formula is C12H15Br2NO2. The number of esters is 1. The summed E-state index contributed by atoms with van der Waals surface area (Å²) in [4.78, 5) is 11.4. The third-order valence-electron chi connectivity index (χ3n) is 1.96. The Bertz CT molecular complexity index is 396. The van der Waals surface area contributed by atoms with Crippen LogP contribution in [-0.4, -0.2) is 18.6 Å². The van der Waals surface area contributed by atoms with Crippen molar-refractivity contribution in [1.29, 1.82) is 0 Å². The molecule has 0 aliphatic heterocycles. The number of hydrogen-bond acceptors (Lipinski definition) is 3. The van der Waals surface area contributed by atoms with E-state index in [0.717, 1.165) is 20.2 Å². The van der Waals surface area contributed by atoms with Gasteiger partial charge in [0.05, 0.1) is 11.8 Å². The van der Waals surface area contributed by atoms with Crippen molar-refractivity contribution in [3.05, 3.63) is 26.6 Å². The lowest BCUT2D eigenvalue weighted by Gasteiger charge is -2.12. The molecule has 0 atom stereocenters. The van der Waals surface area contributed by atoms with Crippen molar-refractivity contribution >= 4 is 43.5 Å². The van der Waals surface area contributed by atoms with Gasteiger partial charge >= 0.3 is 5.97 Å². The molecule has 0 radical (unpaired) electrons. The van der Waals surface area contributed by atoms with Crippen LogP contribution < -0.4 is 5.32 Å². The van der Waals surface area contributed by atoms with E-state index in [-0.39, 0.29) is 18.6 Å². The summed E-state index contributed by atoms with van der Waals surface area (Å²) < 4.78 is 6.88. The Balaban J connectivity index is 2.67. The number of benzene rings is 1. The summed E-state index contributed by atoms with van der Waals surface area (Å²) in [5.74, 6) is -0.264. The average molecular weight is 365 g/mol.